The summed E-state index contributed by atoms with van der Waals surface area (Å²) in [7, 11) is -3.52. The Morgan fingerprint density at radius 2 is 1.67 bits per heavy atom. The van der Waals surface area contributed by atoms with Crippen LogP contribution in [-0.2, 0) is 20.0 Å². The third kappa shape index (κ3) is 5.82. The minimum atomic E-state index is -3.52. The summed E-state index contributed by atoms with van der Waals surface area (Å²) in [4.78, 5) is 12.4. The molecule has 0 bridgehead atoms. The van der Waals surface area contributed by atoms with Gasteiger partial charge in [0.1, 0.15) is 5.75 Å². The highest BCUT2D eigenvalue weighted by Crippen LogP contribution is 2.25. The molecule has 0 aliphatic rings. The minimum absolute atomic E-state index is 0.0455. The third-order valence-corrected chi connectivity index (χ3v) is 5.87. The standard InChI is InChI=1S/C21H27NO4S/c1-5-26-19-9-7-6-8-18(19)22-20(23)14-15-27(24,25)17-12-10-16(11-13-17)21(2,3)4/h6-13H,5,14-15H2,1-4H3,(H,22,23). The highest BCUT2D eigenvalue weighted by molar-refractivity contribution is 7.91. The molecular weight excluding hydrogens is 362 g/mol. The van der Waals surface area contributed by atoms with Gasteiger partial charge in [0.2, 0.25) is 5.91 Å². The van der Waals surface area contributed by atoms with Crippen molar-refractivity contribution in [3.05, 3.63) is 54.1 Å². The van der Waals surface area contributed by atoms with Crippen molar-refractivity contribution in [2.45, 2.75) is 44.4 Å². The van der Waals surface area contributed by atoms with Gasteiger partial charge in [0.15, 0.2) is 9.84 Å². The summed E-state index contributed by atoms with van der Waals surface area (Å²) in [5, 5.41) is 2.72. The molecule has 5 nitrogen and oxygen atoms in total. The summed E-state index contributed by atoms with van der Waals surface area (Å²) < 4.78 is 30.5. The largest absolute Gasteiger partial charge is 0.492 e. The molecule has 6 heteroatoms. The highest BCUT2D eigenvalue weighted by Gasteiger charge is 2.19. The molecule has 0 spiro atoms. The molecule has 0 saturated carbocycles. The Morgan fingerprint density at radius 1 is 1.04 bits per heavy atom. The van der Waals surface area contributed by atoms with Gasteiger partial charge in [-0.05, 0) is 42.2 Å². The highest BCUT2D eigenvalue weighted by atomic mass is 32.2. The molecule has 0 radical (unpaired) electrons. The quantitative estimate of drug-likeness (QED) is 0.771. The van der Waals surface area contributed by atoms with Gasteiger partial charge >= 0.3 is 0 Å². The first-order chi connectivity index (χ1) is 12.6. The van der Waals surface area contributed by atoms with Gasteiger partial charge in [-0.2, -0.15) is 0 Å². The lowest BCUT2D eigenvalue weighted by molar-refractivity contribution is -0.115. The van der Waals surface area contributed by atoms with Gasteiger partial charge in [0, 0.05) is 6.42 Å². The first-order valence-corrected chi connectivity index (χ1v) is 10.6. The number of amides is 1. The SMILES string of the molecule is CCOc1ccccc1NC(=O)CCS(=O)(=O)c1ccc(C(C)(C)C)cc1. The van der Waals surface area contributed by atoms with Crippen molar-refractivity contribution in [3.8, 4) is 5.75 Å². The van der Waals surface area contributed by atoms with E-state index in [9.17, 15) is 13.2 Å². The van der Waals surface area contributed by atoms with Crippen LogP contribution in [0, 0.1) is 0 Å². The van der Waals surface area contributed by atoms with Crippen molar-refractivity contribution in [2.75, 3.05) is 17.7 Å². The molecule has 0 unspecified atom stereocenters. The molecule has 0 aliphatic carbocycles. The first kappa shape index (κ1) is 21.0. The number of rotatable bonds is 7. The summed E-state index contributed by atoms with van der Waals surface area (Å²) >= 11 is 0. The molecule has 146 valence electrons. The second-order valence-corrected chi connectivity index (χ2v) is 9.43. The average Bonchev–Trinajstić information content (AvgIpc) is 2.61. The van der Waals surface area contributed by atoms with Crippen molar-refractivity contribution in [2.24, 2.45) is 0 Å². The van der Waals surface area contributed by atoms with Crippen molar-refractivity contribution in [1.82, 2.24) is 0 Å². The second kappa shape index (κ2) is 8.57. The Balaban J connectivity index is 2.02. The van der Waals surface area contributed by atoms with Gasteiger partial charge in [0.05, 0.1) is 22.9 Å². The fraction of sp³-hybridized carbons (Fsp3) is 0.381. The molecule has 0 aliphatic heterocycles. The van der Waals surface area contributed by atoms with Gasteiger partial charge in [0.25, 0.3) is 0 Å². The van der Waals surface area contributed by atoms with E-state index in [-0.39, 0.29) is 28.4 Å². The molecule has 0 aromatic heterocycles. The van der Waals surface area contributed by atoms with Crippen LogP contribution in [0.1, 0.15) is 39.7 Å². The number of nitrogens with one attached hydrogen (secondary N) is 1. The van der Waals surface area contributed by atoms with Crippen molar-refractivity contribution in [1.29, 1.82) is 0 Å². The molecule has 0 fully saturated rings. The number of anilines is 1. The molecule has 0 atom stereocenters. The molecule has 1 N–H and O–H groups in total. The van der Waals surface area contributed by atoms with Crippen LogP contribution in [0.15, 0.2) is 53.4 Å². The molecule has 2 rings (SSSR count). The molecule has 27 heavy (non-hydrogen) atoms. The zero-order valence-electron chi connectivity index (χ0n) is 16.3. The first-order valence-electron chi connectivity index (χ1n) is 8.98. The van der Waals surface area contributed by atoms with Crippen LogP contribution in [-0.4, -0.2) is 26.7 Å². The molecule has 1 amide bonds. The average molecular weight is 390 g/mol. The van der Waals surface area contributed by atoms with Crippen LogP contribution in [0.5, 0.6) is 5.75 Å². The summed E-state index contributed by atoms with van der Waals surface area (Å²) in [5.41, 5.74) is 1.55. The molecule has 2 aromatic rings. The maximum atomic E-state index is 12.5. The summed E-state index contributed by atoms with van der Waals surface area (Å²) in [6.45, 7) is 8.55. The number of carbonyl (C=O) groups excluding carboxylic acids is 1. The predicted octanol–water partition coefficient (Wildman–Crippen LogP) is 4.19. The Hall–Kier alpha value is -2.34. The molecule has 0 saturated heterocycles. The Kier molecular flexibility index (Phi) is 6.65. The van der Waals surface area contributed by atoms with Crippen LogP contribution in [0.3, 0.4) is 0 Å². The third-order valence-electron chi connectivity index (χ3n) is 4.14. The molecular formula is C21H27NO4S. The van der Waals surface area contributed by atoms with E-state index in [1.54, 1.807) is 30.3 Å². The minimum Gasteiger partial charge on any atom is -0.492 e. The van der Waals surface area contributed by atoms with Crippen LogP contribution >= 0.6 is 0 Å². The van der Waals surface area contributed by atoms with E-state index in [1.807, 2.05) is 25.1 Å². The fourth-order valence-electron chi connectivity index (χ4n) is 2.57. The van der Waals surface area contributed by atoms with Crippen molar-refractivity contribution < 1.29 is 17.9 Å². The van der Waals surface area contributed by atoms with Gasteiger partial charge in [-0.3, -0.25) is 4.79 Å². The monoisotopic (exact) mass is 389 g/mol. The van der Waals surface area contributed by atoms with E-state index in [1.165, 1.54) is 0 Å². The maximum Gasteiger partial charge on any atom is 0.225 e. The summed E-state index contributed by atoms with van der Waals surface area (Å²) in [5.74, 6) is -0.0455. The number of carbonyl (C=O) groups is 1. The van der Waals surface area contributed by atoms with Crippen LogP contribution in [0.4, 0.5) is 5.69 Å². The van der Waals surface area contributed by atoms with Crippen LogP contribution < -0.4 is 10.1 Å². The number of benzene rings is 2. The lowest BCUT2D eigenvalue weighted by Gasteiger charge is -2.19. The Bertz CT molecular complexity index is 881. The summed E-state index contributed by atoms with van der Waals surface area (Å²) in [6, 6.07) is 13.9. The number of hydrogen-bond donors (Lipinski definition) is 1. The van der Waals surface area contributed by atoms with Gasteiger partial charge in [-0.15, -0.1) is 0 Å². The zero-order chi connectivity index (χ0) is 20.1. The van der Waals surface area contributed by atoms with Gasteiger partial charge in [-0.1, -0.05) is 45.0 Å². The van der Waals surface area contributed by atoms with Crippen molar-refractivity contribution in [3.63, 3.8) is 0 Å². The summed E-state index contributed by atoms with van der Waals surface area (Å²) in [6.07, 6.45) is -0.121. The lowest BCUT2D eigenvalue weighted by Crippen LogP contribution is -2.18. The Labute approximate surface area is 161 Å². The smallest absolute Gasteiger partial charge is 0.225 e. The lowest BCUT2D eigenvalue weighted by atomic mass is 9.87. The predicted molar refractivity (Wildman–Crippen MR) is 108 cm³/mol. The van der Waals surface area contributed by atoms with Crippen molar-refractivity contribution >= 4 is 21.4 Å². The van der Waals surface area contributed by atoms with Gasteiger partial charge < -0.3 is 10.1 Å². The normalized spacial score (nSPS) is 11.9. The fourth-order valence-corrected chi connectivity index (χ4v) is 3.81. The van der Waals surface area contributed by atoms with Crippen LogP contribution in [0.25, 0.3) is 0 Å². The number of para-hydroxylation sites is 2. The van der Waals surface area contributed by atoms with E-state index in [0.717, 1.165) is 5.56 Å². The molecule has 0 heterocycles. The number of hydrogen-bond acceptors (Lipinski definition) is 4. The van der Waals surface area contributed by atoms with E-state index in [0.29, 0.717) is 18.0 Å². The number of ether oxygens (including phenoxy) is 1. The second-order valence-electron chi connectivity index (χ2n) is 7.32. The van der Waals surface area contributed by atoms with E-state index >= 15 is 0 Å². The van der Waals surface area contributed by atoms with Gasteiger partial charge in [-0.25, -0.2) is 8.42 Å². The topological polar surface area (TPSA) is 72.5 Å². The maximum absolute atomic E-state index is 12.5. The van der Waals surface area contributed by atoms with E-state index < -0.39 is 9.84 Å². The Morgan fingerprint density at radius 3 is 2.26 bits per heavy atom. The zero-order valence-corrected chi connectivity index (χ0v) is 17.1. The number of sulfone groups is 1. The van der Waals surface area contributed by atoms with E-state index in [2.05, 4.69) is 26.1 Å². The molecule has 2 aromatic carbocycles. The van der Waals surface area contributed by atoms with Crippen LogP contribution in [0.2, 0.25) is 0 Å². The van der Waals surface area contributed by atoms with E-state index in [4.69, 9.17) is 4.74 Å².